The van der Waals surface area contributed by atoms with E-state index in [0.29, 0.717) is 11.9 Å². The van der Waals surface area contributed by atoms with Gasteiger partial charge >= 0.3 is 6.18 Å². The molecule has 0 bridgehead atoms. The molecular formula is C19H22F3N3. The number of piperidine rings is 1. The van der Waals surface area contributed by atoms with Gasteiger partial charge in [-0.3, -0.25) is 0 Å². The SMILES string of the molecule is Cc1ccc(CNC2CCN(c3ccc(C(F)(F)F)cn3)CC2)cc1. The third kappa shape index (κ3) is 4.72. The summed E-state index contributed by atoms with van der Waals surface area (Å²) in [4.78, 5) is 6.03. The Balaban J connectivity index is 1.49. The highest BCUT2D eigenvalue weighted by molar-refractivity contribution is 5.40. The Morgan fingerprint density at radius 1 is 1.08 bits per heavy atom. The molecule has 6 heteroatoms. The van der Waals surface area contributed by atoms with Crippen LogP contribution in [0.3, 0.4) is 0 Å². The number of alkyl halides is 3. The molecule has 0 radical (unpaired) electrons. The van der Waals surface area contributed by atoms with Crippen molar-refractivity contribution < 1.29 is 13.2 Å². The monoisotopic (exact) mass is 349 g/mol. The van der Waals surface area contributed by atoms with Crippen molar-refractivity contribution in [2.75, 3.05) is 18.0 Å². The zero-order valence-electron chi connectivity index (χ0n) is 14.2. The van der Waals surface area contributed by atoms with Crippen LogP contribution in [0.2, 0.25) is 0 Å². The van der Waals surface area contributed by atoms with E-state index in [-0.39, 0.29) is 0 Å². The molecule has 1 aliphatic rings. The van der Waals surface area contributed by atoms with Crippen LogP contribution in [0.4, 0.5) is 19.0 Å². The lowest BCUT2D eigenvalue weighted by Crippen LogP contribution is -2.42. The Morgan fingerprint density at radius 2 is 1.76 bits per heavy atom. The van der Waals surface area contributed by atoms with Gasteiger partial charge in [0, 0.05) is 31.9 Å². The lowest BCUT2D eigenvalue weighted by molar-refractivity contribution is -0.137. The second kappa shape index (κ2) is 7.44. The highest BCUT2D eigenvalue weighted by Crippen LogP contribution is 2.29. The fraction of sp³-hybridized carbons (Fsp3) is 0.421. The van der Waals surface area contributed by atoms with Gasteiger partial charge in [0.15, 0.2) is 0 Å². The highest BCUT2D eigenvalue weighted by Gasteiger charge is 2.31. The fourth-order valence-electron chi connectivity index (χ4n) is 3.02. The van der Waals surface area contributed by atoms with Crippen molar-refractivity contribution in [2.45, 2.75) is 38.5 Å². The number of anilines is 1. The zero-order valence-corrected chi connectivity index (χ0v) is 14.2. The van der Waals surface area contributed by atoms with Gasteiger partial charge in [0.25, 0.3) is 0 Å². The Bertz CT molecular complexity index is 673. The molecule has 1 fully saturated rings. The topological polar surface area (TPSA) is 28.2 Å². The minimum atomic E-state index is -4.33. The largest absolute Gasteiger partial charge is 0.417 e. The van der Waals surface area contributed by atoms with E-state index < -0.39 is 11.7 Å². The van der Waals surface area contributed by atoms with E-state index in [1.165, 1.54) is 17.2 Å². The average Bonchev–Trinajstić information content (AvgIpc) is 2.61. The summed E-state index contributed by atoms with van der Waals surface area (Å²) in [6.07, 6.45) is -1.52. The predicted molar refractivity (Wildman–Crippen MR) is 92.5 cm³/mol. The zero-order chi connectivity index (χ0) is 17.9. The molecule has 3 rings (SSSR count). The first-order chi connectivity index (χ1) is 11.9. The lowest BCUT2D eigenvalue weighted by Gasteiger charge is -2.33. The van der Waals surface area contributed by atoms with E-state index in [4.69, 9.17) is 0 Å². The van der Waals surface area contributed by atoms with Gasteiger partial charge in [0.1, 0.15) is 5.82 Å². The molecule has 0 aliphatic carbocycles. The second-order valence-electron chi connectivity index (χ2n) is 6.53. The Hall–Kier alpha value is -2.08. The van der Waals surface area contributed by atoms with Crippen molar-refractivity contribution >= 4 is 5.82 Å². The van der Waals surface area contributed by atoms with E-state index in [9.17, 15) is 13.2 Å². The molecule has 3 nitrogen and oxygen atoms in total. The second-order valence-corrected chi connectivity index (χ2v) is 6.53. The van der Waals surface area contributed by atoms with Gasteiger partial charge in [0.05, 0.1) is 5.56 Å². The number of benzene rings is 1. The number of hydrogen-bond donors (Lipinski definition) is 1. The number of rotatable bonds is 4. The summed E-state index contributed by atoms with van der Waals surface area (Å²) in [6, 6.07) is 11.5. The maximum absolute atomic E-state index is 12.6. The van der Waals surface area contributed by atoms with Crippen LogP contribution in [0.25, 0.3) is 0 Å². The first-order valence-electron chi connectivity index (χ1n) is 8.49. The molecule has 1 saturated heterocycles. The van der Waals surface area contributed by atoms with Crippen LogP contribution in [0.1, 0.15) is 29.5 Å². The van der Waals surface area contributed by atoms with Crippen molar-refractivity contribution in [3.8, 4) is 0 Å². The van der Waals surface area contributed by atoms with Crippen molar-refractivity contribution in [2.24, 2.45) is 0 Å². The van der Waals surface area contributed by atoms with E-state index >= 15 is 0 Å². The minimum absolute atomic E-state index is 0.423. The first kappa shape index (κ1) is 17.7. The Kier molecular flexibility index (Phi) is 5.27. The molecule has 2 heterocycles. The Morgan fingerprint density at radius 3 is 2.32 bits per heavy atom. The summed E-state index contributed by atoms with van der Waals surface area (Å²) >= 11 is 0. The van der Waals surface area contributed by atoms with Crippen molar-refractivity contribution in [1.29, 1.82) is 0 Å². The summed E-state index contributed by atoms with van der Waals surface area (Å²) in [7, 11) is 0. The predicted octanol–water partition coefficient (Wildman–Crippen LogP) is 4.17. The number of nitrogens with one attached hydrogen (secondary N) is 1. The normalized spacial score (nSPS) is 16.2. The molecule has 0 unspecified atom stereocenters. The van der Waals surface area contributed by atoms with Gasteiger partial charge in [-0.15, -0.1) is 0 Å². The average molecular weight is 349 g/mol. The number of aryl methyl sites for hydroxylation is 1. The standard InChI is InChI=1S/C19H22F3N3/c1-14-2-4-15(5-3-14)12-23-17-8-10-25(11-9-17)18-7-6-16(13-24-18)19(20,21)22/h2-7,13,17,23H,8-12H2,1H3. The summed E-state index contributed by atoms with van der Waals surface area (Å²) in [5.74, 6) is 0.616. The summed E-state index contributed by atoms with van der Waals surface area (Å²) < 4.78 is 37.8. The van der Waals surface area contributed by atoms with Gasteiger partial charge in [-0.25, -0.2) is 4.98 Å². The van der Waals surface area contributed by atoms with Crippen molar-refractivity contribution in [1.82, 2.24) is 10.3 Å². The van der Waals surface area contributed by atoms with Gasteiger partial charge in [-0.05, 0) is 37.5 Å². The van der Waals surface area contributed by atoms with Crippen LogP contribution in [0.15, 0.2) is 42.6 Å². The van der Waals surface area contributed by atoms with Crippen LogP contribution in [0.5, 0.6) is 0 Å². The fourth-order valence-corrected chi connectivity index (χ4v) is 3.02. The maximum atomic E-state index is 12.6. The number of halogens is 3. The molecule has 1 aliphatic heterocycles. The quantitative estimate of drug-likeness (QED) is 0.898. The highest BCUT2D eigenvalue weighted by atomic mass is 19.4. The molecule has 0 spiro atoms. The van der Waals surface area contributed by atoms with Crippen LogP contribution in [-0.2, 0) is 12.7 Å². The van der Waals surface area contributed by atoms with E-state index in [1.54, 1.807) is 0 Å². The summed E-state index contributed by atoms with van der Waals surface area (Å²) in [6.45, 7) is 4.50. The van der Waals surface area contributed by atoms with Gasteiger partial charge < -0.3 is 10.2 Å². The lowest BCUT2D eigenvalue weighted by atomic mass is 10.0. The van der Waals surface area contributed by atoms with Gasteiger partial charge in [-0.2, -0.15) is 13.2 Å². The molecule has 25 heavy (non-hydrogen) atoms. The summed E-state index contributed by atoms with van der Waals surface area (Å²) in [5, 5.41) is 3.56. The molecule has 134 valence electrons. The Labute approximate surface area is 145 Å². The van der Waals surface area contributed by atoms with Crippen LogP contribution >= 0.6 is 0 Å². The molecular weight excluding hydrogens is 327 g/mol. The molecule has 0 saturated carbocycles. The number of nitrogens with zero attached hydrogens (tertiary/aromatic N) is 2. The third-order valence-electron chi connectivity index (χ3n) is 4.61. The molecule has 1 aromatic heterocycles. The molecule has 0 atom stereocenters. The minimum Gasteiger partial charge on any atom is -0.357 e. The van der Waals surface area contributed by atoms with E-state index in [2.05, 4.69) is 41.5 Å². The van der Waals surface area contributed by atoms with Crippen molar-refractivity contribution in [3.05, 3.63) is 59.3 Å². The number of aromatic nitrogens is 1. The van der Waals surface area contributed by atoms with Crippen molar-refractivity contribution in [3.63, 3.8) is 0 Å². The smallest absolute Gasteiger partial charge is 0.357 e. The number of hydrogen-bond acceptors (Lipinski definition) is 3. The molecule has 0 amide bonds. The molecule has 1 aromatic carbocycles. The first-order valence-corrected chi connectivity index (χ1v) is 8.49. The van der Waals surface area contributed by atoms with Crippen LogP contribution in [-0.4, -0.2) is 24.1 Å². The third-order valence-corrected chi connectivity index (χ3v) is 4.61. The molecule has 2 aromatic rings. The summed E-state index contributed by atoms with van der Waals surface area (Å²) in [5.41, 5.74) is 1.81. The van der Waals surface area contributed by atoms with Gasteiger partial charge in [0.2, 0.25) is 0 Å². The van der Waals surface area contributed by atoms with Crippen LogP contribution < -0.4 is 10.2 Å². The van der Waals surface area contributed by atoms with Crippen LogP contribution in [0, 0.1) is 6.92 Å². The van der Waals surface area contributed by atoms with E-state index in [0.717, 1.165) is 44.7 Å². The van der Waals surface area contributed by atoms with Gasteiger partial charge in [-0.1, -0.05) is 29.8 Å². The van der Waals surface area contributed by atoms with E-state index in [1.807, 2.05) is 4.90 Å². The molecule has 1 N–H and O–H groups in total. The number of pyridine rings is 1. The maximum Gasteiger partial charge on any atom is 0.417 e.